The molecule has 0 bridgehead atoms. The van der Waals surface area contributed by atoms with Gasteiger partial charge in [-0.15, -0.1) is 11.3 Å². The number of rotatable bonds is 3. The van der Waals surface area contributed by atoms with Gasteiger partial charge in [0.15, 0.2) is 5.82 Å². The van der Waals surface area contributed by atoms with Gasteiger partial charge in [0, 0.05) is 31.1 Å². The normalized spacial score (nSPS) is 24.9. The van der Waals surface area contributed by atoms with Gasteiger partial charge in [0.25, 0.3) is 0 Å². The van der Waals surface area contributed by atoms with E-state index in [0.717, 1.165) is 53.0 Å². The smallest absolute Gasteiger partial charge is 0.228 e. The van der Waals surface area contributed by atoms with Gasteiger partial charge in [0.05, 0.1) is 42.2 Å². The highest BCUT2D eigenvalue weighted by Gasteiger charge is 2.26. The Morgan fingerprint density at radius 3 is 2.56 bits per heavy atom. The fourth-order valence-corrected chi connectivity index (χ4v) is 4.47. The van der Waals surface area contributed by atoms with Crippen molar-refractivity contribution in [1.82, 2.24) is 9.97 Å². The molecule has 0 aliphatic carbocycles. The van der Waals surface area contributed by atoms with Crippen molar-refractivity contribution in [3.63, 3.8) is 0 Å². The van der Waals surface area contributed by atoms with Crippen LogP contribution in [0.1, 0.15) is 18.7 Å². The van der Waals surface area contributed by atoms with Gasteiger partial charge in [0.1, 0.15) is 0 Å². The molecule has 2 aliphatic heterocycles. The van der Waals surface area contributed by atoms with Crippen LogP contribution in [0.5, 0.6) is 0 Å². The molecule has 25 heavy (non-hydrogen) atoms. The molecule has 0 aromatic carbocycles. The highest BCUT2D eigenvalue weighted by atomic mass is 32.1. The van der Waals surface area contributed by atoms with Crippen molar-refractivity contribution in [3.05, 3.63) is 10.9 Å². The first-order valence-electron chi connectivity index (χ1n) is 8.78. The van der Waals surface area contributed by atoms with Crippen LogP contribution in [0.25, 0.3) is 10.2 Å². The quantitative estimate of drug-likeness (QED) is 0.888. The van der Waals surface area contributed by atoms with Gasteiger partial charge in [-0.25, -0.2) is 4.98 Å². The van der Waals surface area contributed by atoms with Crippen LogP contribution in [0.15, 0.2) is 6.07 Å². The third-order valence-electron chi connectivity index (χ3n) is 4.56. The fourth-order valence-electron chi connectivity index (χ4n) is 3.50. The lowest BCUT2D eigenvalue weighted by molar-refractivity contribution is -0.00569. The van der Waals surface area contributed by atoms with E-state index in [1.54, 1.807) is 11.3 Å². The van der Waals surface area contributed by atoms with E-state index in [-0.39, 0.29) is 18.8 Å². The summed E-state index contributed by atoms with van der Waals surface area (Å²) in [6, 6.07) is 1.97. The number of nitrogens with zero attached hydrogens (tertiary/aromatic N) is 4. The molecular weight excluding hydrogens is 340 g/mol. The van der Waals surface area contributed by atoms with Gasteiger partial charge < -0.3 is 24.4 Å². The van der Waals surface area contributed by atoms with E-state index in [0.29, 0.717) is 13.2 Å². The van der Waals surface area contributed by atoms with Gasteiger partial charge in [0.2, 0.25) is 5.95 Å². The van der Waals surface area contributed by atoms with Crippen LogP contribution in [-0.4, -0.2) is 66.7 Å². The van der Waals surface area contributed by atoms with Gasteiger partial charge in [-0.05, 0) is 19.9 Å². The molecule has 2 aromatic heterocycles. The lowest BCUT2D eigenvalue weighted by Gasteiger charge is -2.36. The highest BCUT2D eigenvalue weighted by Crippen LogP contribution is 2.34. The second-order valence-electron chi connectivity index (χ2n) is 6.69. The van der Waals surface area contributed by atoms with Crippen LogP contribution < -0.4 is 9.80 Å². The molecule has 0 unspecified atom stereocenters. The topological polar surface area (TPSA) is 71.0 Å². The minimum atomic E-state index is 0.0323. The molecule has 2 saturated heterocycles. The Kier molecular flexibility index (Phi) is 4.77. The SMILES string of the molecule is C[C@@H]1CN(c2nc(N3CCOCC3)c3sc(CO)cc3n2)C[C@H](C)O1. The van der Waals surface area contributed by atoms with Gasteiger partial charge in [-0.1, -0.05) is 0 Å². The van der Waals surface area contributed by atoms with Crippen molar-refractivity contribution in [3.8, 4) is 0 Å². The van der Waals surface area contributed by atoms with E-state index in [4.69, 9.17) is 19.4 Å². The summed E-state index contributed by atoms with van der Waals surface area (Å²) in [5.74, 6) is 1.71. The number of thiophene rings is 1. The summed E-state index contributed by atoms with van der Waals surface area (Å²) in [5.41, 5.74) is 0.910. The zero-order chi connectivity index (χ0) is 17.4. The fraction of sp³-hybridized carbons (Fsp3) is 0.647. The number of fused-ring (bicyclic) bond motifs is 1. The molecular formula is C17H24N4O3S. The standard InChI is InChI=1S/C17H24N4O3S/c1-11-8-21(9-12(2)24-11)17-18-14-7-13(10-22)25-15(14)16(19-17)20-3-5-23-6-4-20/h7,11-12,22H,3-6,8-10H2,1-2H3/t11-,12+. The van der Waals surface area contributed by atoms with E-state index in [1.807, 2.05) is 6.07 Å². The van der Waals surface area contributed by atoms with Gasteiger partial charge >= 0.3 is 0 Å². The number of aromatic nitrogens is 2. The summed E-state index contributed by atoms with van der Waals surface area (Å²) >= 11 is 1.57. The van der Waals surface area contributed by atoms with E-state index in [9.17, 15) is 5.11 Å². The lowest BCUT2D eigenvalue weighted by atomic mass is 10.2. The molecule has 0 amide bonds. The molecule has 0 radical (unpaired) electrons. The summed E-state index contributed by atoms with van der Waals surface area (Å²) in [4.78, 5) is 15.1. The molecule has 136 valence electrons. The Hall–Kier alpha value is -1.48. The third-order valence-corrected chi connectivity index (χ3v) is 5.67. The van der Waals surface area contributed by atoms with Crippen molar-refractivity contribution in [1.29, 1.82) is 0 Å². The molecule has 2 aliphatic rings. The van der Waals surface area contributed by atoms with Crippen molar-refractivity contribution < 1.29 is 14.6 Å². The van der Waals surface area contributed by atoms with Crippen LogP contribution in [0.3, 0.4) is 0 Å². The predicted molar refractivity (Wildman–Crippen MR) is 98.6 cm³/mol. The number of anilines is 2. The maximum atomic E-state index is 9.53. The number of morpholine rings is 2. The Morgan fingerprint density at radius 2 is 1.88 bits per heavy atom. The van der Waals surface area contributed by atoms with E-state index in [1.165, 1.54) is 0 Å². The number of aliphatic hydroxyl groups is 1. The zero-order valence-electron chi connectivity index (χ0n) is 14.6. The van der Waals surface area contributed by atoms with E-state index >= 15 is 0 Å². The maximum Gasteiger partial charge on any atom is 0.228 e. The van der Waals surface area contributed by atoms with Gasteiger partial charge in [-0.3, -0.25) is 0 Å². The first-order chi connectivity index (χ1) is 12.1. The van der Waals surface area contributed by atoms with Crippen molar-refractivity contribution in [2.24, 2.45) is 0 Å². The van der Waals surface area contributed by atoms with Crippen LogP contribution in [-0.2, 0) is 16.1 Å². The molecule has 8 heteroatoms. The molecule has 7 nitrogen and oxygen atoms in total. The summed E-state index contributed by atoms with van der Waals surface area (Å²) in [5, 5.41) is 9.53. The predicted octanol–water partition coefficient (Wildman–Crippen LogP) is 1.63. The van der Waals surface area contributed by atoms with Crippen LogP contribution in [0.4, 0.5) is 11.8 Å². The minimum absolute atomic E-state index is 0.0323. The van der Waals surface area contributed by atoms with Crippen LogP contribution >= 0.6 is 11.3 Å². The summed E-state index contributed by atoms with van der Waals surface area (Å²) in [7, 11) is 0. The third kappa shape index (κ3) is 3.44. The first-order valence-corrected chi connectivity index (χ1v) is 9.60. The molecule has 1 N–H and O–H groups in total. The van der Waals surface area contributed by atoms with Crippen molar-refractivity contribution in [2.45, 2.75) is 32.7 Å². The van der Waals surface area contributed by atoms with E-state index < -0.39 is 0 Å². The summed E-state index contributed by atoms with van der Waals surface area (Å²) in [6.07, 6.45) is 0.315. The Morgan fingerprint density at radius 1 is 1.16 bits per heavy atom. The molecule has 0 saturated carbocycles. The van der Waals surface area contributed by atoms with E-state index in [2.05, 4.69) is 23.6 Å². The Bertz CT molecular complexity index is 737. The summed E-state index contributed by atoms with van der Waals surface area (Å²) < 4.78 is 12.4. The lowest BCUT2D eigenvalue weighted by Crippen LogP contribution is -2.46. The number of ether oxygens (including phenoxy) is 2. The second kappa shape index (κ2) is 7.03. The zero-order valence-corrected chi connectivity index (χ0v) is 15.5. The number of hydrogen-bond donors (Lipinski definition) is 1. The van der Waals surface area contributed by atoms with Crippen LogP contribution in [0.2, 0.25) is 0 Å². The number of hydrogen-bond acceptors (Lipinski definition) is 8. The number of aliphatic hydroxyl groups excluding tert-OH is 1. The van der Waals surface area contributed by atoms with Crippen molar-refractivity contribution in [2.75, 3.05) is 49.2 Å². The average molecular weight is 364 g/mol. The molecule has 2 aromatic rings. The summed E-state index contributed by atoms with van der Waals surface area (Å²) in [6.45, 7) is 8.85. The molecule has 4 heterocycles. The highest BCUT2D eigenvalue weighted by molar-refractivity contribution is 7.19. The van der Waals surface area contributed by atoms with Gasteiger partial charge in [-0.2, -0.15) is 4.98 Å². The van der Waals surface area contributed by atoms with Crippen molar-refractivity contribution >= 4 is 33.3 Å². The Balaban J connectivity index is 1.76. The molecule has 2 atom stereocenters. The monoisotopic (exact) mass is 364 g/mol. The van der Waals surface area contributed by atoms with Crippen LogP contribution in [0, 0.1) is 0 Å². The second-order valence-corrected chi connectivity index (χ2v) is 7.83. The minimum Gasteiger partial charge on any atom is -0.391 e. The first kappa shape index (κ1) is 17.0. The molecule has 4 rings (SSSR count). The maximum absolute atomic E-state index is 9.53. The average Bonchev–Trinajstić information content (AvgIpc) is 3.04. The molecule has 0 spiro atoms. The Labute approximate surface area is 151 Å². The molecule has 2 fully saturated rings. The largest absolute Gasteiger partial charge is 0.391 e.